The predicted molar refractivity (Wildman–Crippen MR) is 50.5 cm³/mol. The van der Waals surface area contributed by atoms with E-state index in [2.05, 4.69) is 0 Å². The van der Waals surface area contributed by atoms with Crippen molar-refractivity contribution in [2.75, 3.05) is 5.73 Å². The van der Waals surface area contributed by atoms with Crippen LogP contribution in [-0.2, 0) is 4.79 Å². The van der Waals surface area contributed by atoms with Crippen LogP contribution < -0.4 is 5.73 Å². The van der Waals surface area contributed by atoms with Crippen molar-refractivity contribution in [3.05, 3.63) is 35.4 Å². The molecular weight excluding hydrogens is 188 g/mol. The molecule has 0 unspecified atom stereocenters. The fraction of sp³-hybridized carbons (Fsp3) is 0.100. The lowest BCUT2D eigenvalue weighted by molar-refractivity contribution is -0.107. The van der Waals surface area contributed by atoms with Crippen molar-refractivity contribution in [3.63, 3.8) is 0 Å². The molecule has 0 atom stereocenters. The lowest BCUT2D eigenvalue weighted by Crippen LogP contribution is -1.96. The molecule has 0 aliphatic carbocycles. The van der Waals surface area contributed by atoms with Crippen LogP contribution in [0, 0.1) is 11.6 Å². The number of carbonyl (C=O) groups excluding carboxylic acids is 1. The molecular formula is C10H9F2NO. The fourth-order valence-corrected chi connectivity index (χ4v) is 0.980. The standard InChI is InChI=1S/C10H9F2NO/c11-8-4-5-9(13)10(12)7(8)3-1-2-6-14/h1,3-6H,2,13H2. The van der Waals surface area contributed by atoms with Crippen molar-refractivity contribution in [3.8, 4) is 0 Å². The average molecular weight is 197 g/mol. The van der Waals surface area contributed by atoms with Crippen molar-refractivity contribution in [1.82, 2.24) is 0 Å². The van der Waals surface area contributed by atoms with E-state index >= 15 is 0 Å². The van der Waals surface area contributed by atoms with Gasteiger partial charge in [-0.2, -0.15) is 0 Å². The number of allylic oxidation sites excluding steroid dienone is 1. The van der Waals surface area contributed by atoms with Crippen LogP contribution in [0.25, 0.3) is 6.08 Å². The third-order valence-electron chi connectivity index (χ3n) is 1.67. The van der Waals surface area contributed by atoms with E-state index in [0.717, 1.165) is 12.1 Å². The number of aldehydes is 1. The molecule has 14 heavy (non-hydrogen) atoms. The summed E-state index contributed by atoms with van der Waals surface area (Å²) < 4.78 is 26.2. The first-order chi connectivity index (χ1) is 6.66. The van der Waals surface area contributed by atoms with Gasteiger partial charge in [-0.1, -0.05) is 12.2 Å². The van der Waals surface area contributed by atoms with Crippen LogP contribution in [0.4, 0.5) is 14.5 Å². The fourth-order valence-electron chi connectivity index (χ4n) is 0.980. The first-order valence-electron chi connectivity index (χ1n) is 4.00. The maximum atomic E-state index is 13.2. The number of nitrogen functional groups attached to an aromatic ring is 1. The van der Waals surface area contributed by atoms with Gasteiger partial charge < -0.3 is 10.5 Å². The van der Waals surface area contributed by atoms with Crippen molar-refractivity contribution in [2.24, 2.45) is 0 Å². The van der Waals surface area contributed by atoms with Gasteiger partial charge in [0.15, 0.2) is 5.82 Å². The Bertz CT molecular complexity index is 375. The second-order valence-corrected chi connectivity index (χ2v) is 2.67. The smallest absolute Gasteiger partial charge is 0.156 e. The second kappa shape index (κ2) is 4.50. The number of nitrogens with two attached hydrogens (primary N) is 1. The van der Waals surface area contributed by atoms with Gasteiger partial charge in [0, 0.05) is 12.0 Å². The highest BCUT2D eigenvalue weighted by Gasteiger charge is 2.08. The Morgan fingerprint density at radius 2 is 2.07 bits per heavy atom. The molecule has 0 saturated heterocycles. The van der Waals surface area contributed by atoms with Crippen LogP contribution in [0.2, 0.25) is 0 Å². The van der Waals surface area contributed by atoms with E-state index in [9.17, 15) is 13.6 Å². The molecule has 0 heterocycles. The topological polar surface area (TPSA) is 43.1 Å². The van der Waals surface area contributed by atoms with E-state index in [1.165, 1.54) is 12.2 Å². The van der Waals surface area contributed by atoms with E-state index < -0.39 is 11.6 Å². The third-order valence-corrected chi connectivity index (χ3v) is 1.67. The number of rotatable bonds is 3. The van der Waals surface area contributed by atoms with Gasteiger partial charge >= 0.3 is 0 Å². The summed E-state index contributed by atoms with van der Waals surface area (Å²) in [6, 6.07) is 2.24. The van der Waals surface area contributed by atoms with E-state index in [1.807, 2.05) is 0 Å². The minimum atomic E-state index is -0.799. The summed E-state index contributed by atoms with van der Waals surface area (Å²) in [6.07, 6.45) is 3.33. The first kappa shape index (κ1) is 10.4. The summed E-state index contributed by atoms with van der Waals surface area (Å²) in [5, 5.41) is 0. The molecule has 4 heteroatoms. The highest BCUT2D eigenvalue weighted by molar-refractivity contribution is 5.61. The van der Waals surface area contributed by atoms with Gasteiger partial charge in [0.1, 0.15) is 12.1 Å². The molecule has 1 aromatic carbocycles. The van der Waals surface area contributed by atoms with E-state index in [4.69, 9.17) is 5.73 Å². The zero-order chi connectivity index (χ0) is 10.6. The minimum Gasteiger partial charge on any atom is -0.396 e. The Balaban J connectivity index is 3.06. The quantitative estimate of drug-likeness (QED) is 0.596. The molecule has 74 valence electrons. The Labute approximate surface area is 80.0 Å². The molecule has 0 spiro atoms. The molecule has 0 fully saturated rings. The van der Waals surface area contributed by atoms with Crippen LogP contribution in [0.3, 0.4) is 0 Å². The maximum Gasteiger partial charge on any atom is 0.156 e. The minimum absolute atomic E-state index is 0.114. The normalized spacial score (nSPS) is 10.7. The monoisotopic (exact) mass is 197 g/mol. The number of benzene rings is 1. The van der Waals surface area contributed by atoms with Gasteiger partial charge in [-0.15, -0.1) is 0 Å². The van der Waals surface area contributed by atoms with Crippen LogP contribution in [0.1, 0.15) is 12.0 Å². The number of hydrogen-bond donors (Lipinski definition) is 1. The molecule has 0 bridgehead atoms. The highest BCUT2D eigenvalue weighted by Crippen LogP contribution is 2.19. The summed E-state index contributed by atoms with van der Waals surface area (Å²) >= 11 is 0. The highest BCUT2D eigenvalue weighted by atomic mass is 19.1. The predicted octanol–water partition coefficient (Wildman–Crippen LogP) is 2.15. The average Bonchev–Trinajstić information content (AvgIpc) is 2.18. The molecule has 0 aliphatic rings. The Morgan fingerprint density at radius 3 is 2.71 bits per heavy atom. The van der Waals surface area contributed by atoms with Gasteiger partial charge in [-0.25, -0.2) is 8.78 Å². The first-order valence-corrected chi connectivity index (χ1v) is 4.00. The second-order valence-electron chi connectivity index (χ2n) is 2.67. The zero-order valence-electron chi connectivity index (χ0n) is 7.34. The summed E-state index contributed by atoms with van der Waals surface area (Å²) in [4.78, 5) is 9.97. The van der Waals surface area contributed by atoms with Gasteiger partial charge in [0.2, 0.25) is 0 Å². The number of carbonyl (C=O) groups is 1. The third kappa shape index (κ3) is 2.16. The number of halogens is 2. The van der Waals surface area contributed by atoms with Crippen LogP contribution >= 0.6 is 0 Å². The van der Waals surface area contributed by atoms with Crippen molar-refractivity contribution < 1.29 is 13.6 Å². The van der Waals surface area contributed by atoms with E-state index in [0.29, 0.717) is 6.29 Å². The maximum absolute atomic E-state index is 13.2. The SMILES string of the molecule is Nc1ccc(F)c(C=CCC=O)c1F. The molecule has 2 N–H and O–H groups in total. The van der Waals surface area contributed by atoms with Gasteiger partial charge in [0.05, 0.1) is 5.69 Å². The summed E-state index contributed by atoms with van der Waals surface area (Å²) in [7, 11) is 0. The lowest BCUT2D eigenvalue weighted by Gasteiger charge is -2.01. The molecule has 0 amide bonds. The Kier molecular flexibility index (Phi) is 3.34. The van der Waals surface area contributed by atoms with Crippen LogP contribution in [-0.4, -0.2) is 6.29 Å². The number of anilines is 1. The Hall–Kier alpha value is -1.71. The molecule has 1 rings (SSSR count). The van der Waals surface area contributed by atoms with Gasteiger partial charge in [-0.05, 0) is 12.1 Å². The summed E-state index contributed by atoms with van der Waals surface area (Å²) in [5.74, 6) is -1.49. The van der Waals surface area contributed by atoms with Crippen LogP contribution in [0.15, 0.2) is 18.2 Å². The van der Waals surface area contributed by atoms with E-state index in [1.54, 1.807) is 0 Å². The van der Waals surface area contributed by atoms with Crippen LogP contribution in [0.5, 0.6) is 0 Å². The molecule has 2 nitrogen and oxygen atoms in total. The van der Waals surface area contributed by atoms with Crippen molar-refractivity contribution in [2.45, 2.75) is 6.42 Å². The largest absolute Gasteiger partial charge is 0.396 e. The van der Waals surface area contributed by atoms with E-state index in [-0.39, 0.29) is 17.7 Å². The Morgan fingerprint density at radius 1 is 1.36 bits per heavy atom. The zero-order valence-corrected chi connectivity index (χ0v) is 7.34. The van der Waals surface area contributed by atoms with Gasteiger partial charge in [0.25, 0.3) is 0 Å². The molecule has 0 aromatic heterocycles. The molecule has 0 aliphatic heterocycles. The molecule has 0 radical (unpaired) electrons. The molecule has 0 saturated carbocycles. The van der Waals surface area contributed by atoms with Crippen molar-refractivity contribution in [1.29, 1.82) is 0 Å². The van der Waals surface area contributed by atoms with Gasteiger partial charge in [-0.3, -0.25) is 0 Å². The molecule has 1 aromatic rings. The summed E-state index contributed by atoms with van der Waals surface area (Å²) in [5.41, 5.74) is 4.92. The summed E-state index contributed by atoms with van der Waals surface area (Å²) in [6.45, 7) is 0. The van der Waals surface area contributed by atoms with Crippen molar-refractivity contribution >= 4 is 18.0 Å². The lowest BCUT2D eigenvalue weighted by atomic mass is 10.1. The number of hydrogen-bond acceptors (Lipinski definition) is 2.